The minimum atomic E-state index is -4.36. The Bertz CT molecular complexity index is 638. The highest BCUT2D eigenvalue weighted by Gasteiger charge is 2.33. The first-order valence-corrected chi connectivity index (χ1v) is 8.52. The summed E-state index contributed by atoms with van der Waals surface area (Å²) in [6.45, 7) is 0. The standard InChI is InChI=1S/C15H10Br3F3/c16-11-3-1-2-9(6-11)7-14(18)10-4-5-13(17)12(8-10)15(19,20)21/h1-6,8,14H,7H2. The van der Waals surface area contributed by atoms with Gasteiger partial charge >= 0.3 is 6.18 Å². The van der Waals surface area contributed by atoms with Crippen molar-refractivity contribution in [2.75, 3.05) is 0 Å². The van der Waals surface area contributed by atoms with Crippen LogP contribution in [0.15, 0.2) is 51.4 Å². The van der Waals surface area contributed by atoms with Gasteiger partial charge < -0.3 is 0 Å². The number of alkyl halides is 4. The van der Waals surface area contributed by atoms with Crippen molar-refractivity contribution in [1.29, 1.82) is 0 Å². The molecular formula is C15H10Br3F3. The first-order valence-electron chi connectivity index (χ1n) is 6.02. The van der Waals surface area contributed by atoms with E-state index in [0.29, 0.717) is 12.0 Å². The minimum Gasteiger partial charge on any atom is -0.166 e. The van der Waals surface area contributed by atoms with Crippen LogP contribution in [0.1, 0.15) is 21.5 Å². The van der Waals surface area contributed by atoms with Crippen LogP contribution in [0.5, 0.6) is 0 Å². The van der Waals surface area contributed by atoms with Crippen molar-refractivity contribution in [3.05, 3.63) is 68.1 Å². The van der Waals surface area contributed by atoms with Gasteiger partial charge in [-0.05, 0) is 41.8 Å². The minimum absolute atomic E-state index is 0.0564. The fourth-order valence-corrected chi connectivity index (χ4v) is 3.52. The lowest BCUT2D eigenvalue weighted by atomic mass is 10.0. The molecule has 0 aromatic heterocycles. The molecule has 2 aromatic carbocycles. The molecule has 0 amide bonds. The van der Waals surface area contributed by atoms with Crippen molar-refractivity contribution >= 4 is 47.8 Å². The lowest BCUT2D eigenvalue weighted by molar-refractivity contribution is -0.138. The Morgan fingerprint density at radius 3 is 2.33 bits per heavy atom. The van der Waals surface area contributed by atoms with Gasteiger partial charge in [-0.25, -0.2) is 0 Å². The Kier molecular flexibility index (Phi) is 5.54. The maximum absolute atomic E-state index is 12.9. The SMILES string of the molecule is FC(F)(F)c1cc(C(Br)Cc2cccc(Br)c2)ccc1Br. The molecule has 1 atom stereocenters. The first kappa shape index (κ1) is 17.0. The average Bonchev–Trinajstić information content (AvgIpc) is 2.37. The second kappa shape index (κ2) is 6.84. The van der Waals surface area contributed by atoms with E-state index < -0.39 is 11.7 Å². The molecule has 0 N–H and O–H groups in total. The van der Waals surface area contributed by atoms with Crippen molar-refractivity contribution in [3.8, 4) is 0 Å². The zero-order valence-electron chi connectivity index (χ0n) is 10.6. The summed E-state index contributed by atoms with van der Waals surface area (Å²) < 4.78 is 39.8. The van der Waals surface area contributed by atoms with E-state index in [9.17, 15) is 13.2 Å². The molecule has 0 heterocycles. The topological polar surface area (TPSA) is 0 Å². The predicted octanol–water partition coefficient (Wildman–Crippen LogP) is 6.91. The summed E-state index contributed by atoms with van der Waals surface area (Å²) >= 11 is 9.81. The van der Waals surface area contributed by atoms with Crippen LogP contribution in [-0.4, -0.2) is 0 Å². The van der Waals surface area contributed by atoms with Crippen molar-refractivity contribution in [2.45, 2.75) is 17.4 Å². The monoisotopic (exact) mass is 484 g/mol. The second-order valence-electron chi connectivity index (χ2n) is 4.54. The Morgan fingerprint density at radius 1 is 1.00 bits per heavy atom. The van der Waals surface area contributed by atoms with Gasteiger partial charge in [-0.15, -0.1) is 0 Å². The van der Waals surface area contributed by atoms with Gasteiger partial charge in [0.2, 0.25) is 0 Å². The normalized spacial score (nSPS) is 13.2. The van der Waals surface area contributed by atoms with Crippen LogP contribution in [0, 0.1) is 0 Å². The zero-order chi connectivity index (χ0) is 15.6. The Hall–Kier alpha value is -0.330. The smallest absolute Gasteiger partial charge is 0.166 e. The molecule has 0 saturated heterocycles. The molecule has 21 heavy (non-hydrogen) atoms. The van der Waals surface area contributed by atoms with Crippen LogP contribution in [0.25, 0.3) is 0 Å². The largest absolute Gasteiger partial charge is 0.417 e. The van der Waals surface area contributed by atoms with Crippen LogP contribution >= 0.6 is 47.8 Å². The fourth-order valence-electron chi connectivity index (χ4n) is 1.94. The number of hydrogen-bond acceptors (Lipinski definition) is 0. The van der Waals surface area contributed by atoms with Gasteiger partial charge in [0.15, 0.2) is 0 Å². The summed E-state index contributed by atoms with van der Waals surface area (Å²) in [5.74, 6) is 0. The van der Waals surface area contributed by atoms with E-state index in [-0.39, 0.29) is 9.30 Å². The van der Waals surface area contributed by atoms with Gasteiger partial charge in [0.25, 0.3) is 0 Å². The third kappa shape index (κ3) is 4.57. The van der Waals surface area contributed by atoms with E-state index in [4.69, 9.17) is 0 Å². The van der Waals surface area contributed by atoms with E-state index in [0.717, 1.165) is 10.0 Å². The number of rotatable bonds is 3. The molecule has 1 unspecified atom stereocenters. The molecule has 0 aliphatic carbocycles. The molecule has 0 aliphatic rings. The van der Waals surface area contributed by atoms with Crippen LogP contribution in [0.4, 0.5) is 13.2 Å². The predicted molar refractivity (Wildman–Crippen MR) is 88.7 cm³/mol. The Morgan fingerprint density at radius 2 is 1.71 bits per heavy atom. The molecular weight excluding hydrogens is 477 g/mol. The number of halogens is 6. The van der Waals surface area contributed by atoms with Crippen molar-refractivity contribution in [1.82, 2.24) is 0 Å². The van der Waals surface area contributed by atoms with Crippen LogP contribution in [0.2, 0.25) is 0 Å². The van der Waals surface area contributed by atoms with Gasteiger partial charge in [-0.2, -0.15) is 13.2 Å². The van der Waals surface area contributed by atoms with E-state index in [1.54, 1.807) is 6.07 Å². The third-order valence-corrected chi connectivity index (χ3v) is 5.00. The van der Waals surface area contributed by atoms with Crippen molar-refractivity contribution in [2.24, 2.45) is 0 Å². The van der Waals surface area contributed by atoms with Gasteiger partial charge in [0.1, 0.15) is 0 Å². The molecule has 0 nitrogen and oxygen atoms in total. The van der Waals surface area contributed by atoms with E-state index in [1.807, 2.05) is 24.3 Å². The second-order valence-corrected chi connectivity index (χ2v) is 7.41. The number of benzene rings is 2. The molecule has 0 fully saturated rings. The lowest BCUT2D eigenvalue weighted by Crippen LogP contribution is -2.07. The van der Waals surface area contributed by atoms with Crippen LogP contribution in [-0.2, 0) is 12.6 Å². The number of hydrogen-bond donors (Lipinski definition) is 0. The van der Waals surface area contributed by atoms with E-state index >= 15 is 0 Å². The summed E-state index contributed by atoms with van der Waals surface area (Å²) in [4.78, 5) is -0.180. The lowest BCUT2D eigenvalue weighted by Gasteiger charge is -2.15. The molecule has 112 valence electrons. The summed E-state index contributed by atoms with van der Waals surface area (Å²) in [5.41, 5.74) is 0.993. The highest BCUT2D eigenvalue weighted by Crippen LogP contribution is 2.38. The Labute approximate surface area is 146 Å². The fraction of sp³-hybridized carbons (Fsp3) is 0.200. The molecule has 2 aromatic rings. The summed E-state index contributed by atoms with van der Waals surface area (Å²) in [5, 5.41) is 0. The van der Waals surface area contributed by atoms with Crippen molar-refractivity contribution < 1.29 is 13.2 Å². The van der Waals surface area contributed by atoms with E-state index in [1.165, 1.54) is 12.1 Å². The summed E-state index contributed by atoms with van der Waals surface area (Å²) in [6, 6.07) is 12.0. The molecule has 0 aliphatic heterocycles. The van der Waals surface area contributed by atoms with Gasteiger partial charge in [-0.1, -0.05) is 66.0 Å². The zero-order valence-corrected chi connectivity index (χ0v) is 15.4. The quantitative estimate of drug-likeness (QED) is 0.413. The highest BCUT2D eigenvalue weighted by atomic mass is 79.9. The molecule has 0 spiro atoms. The van der Waals surface area contributed by atoms with Crippen LogP contribution in [0.3, 0.4) is 0 Å². The first-order chi connectivity index (χ1) is 9.77. The Balaban J connectivity index is 2.25. The van der Waals surface area contributed by atoms with Crippen LogP contribution < -0.4 is 0 Å². The summed E-state index contributed by atoms with van der Waals surface area (Å²) in [7, 11) is 0. The van der Waals surface area contributed by atoms with Gasteiger partial charge in [-0.3, -0.25) is 0 Å². The average molecular weight is 487 g/mol. The summed E-state index contributed by atoms with van der Waals surface area (Å²) in [6.07, 6.45) is -3.75. The molecule has 2 rings (SSSR count). The molecule has 0 saturated carbocycles. The van der Waals surface area contributed by atoms with Crippen molar-refractivity contribution in [3.63, 3.8) is 0 Å². The maximum Gasteiger partial charge on any atom is 0.417 e. The third-order valence-electron chi connectivity index (χ3n) is 2.96. The van der Waals surface area contributed by atoms with E-state index in [2.05, 4.69) is 47.8 Å². The molecule has 0 radical (unpaired) electrons. The maximum atomic E-state index is 12.9. The molecule has 6 heteroatoms. The van der Waals surface area contributed by atoms with Gasteiger partial charge in [0.05, 0.1) is 5.56 Å². The van der Waals surface area contributed by atoms with Gasteiger partial charge in [0, 0.05) is 13.8 Å². The molecule has 0 bridgehead atoms. The highest BCUT2D eigenvalue weighted by molar-refractivity contribution is 9.10.